The molecule has 0 saturated heterocycles. The monoisotopic (exact) mass is 340 g/mol. The second-order valence-corrected chi connectivity index (χ2v) is 6.25. The lowest BCUT2D eigenvalue weighted by molar-refractivity contribution is 0.0932. The number of amides is 1. The van der Waals surface area contributed by atoms with Crippen LogP contribution in [0.15, 0.2) is 47.2 Å². The number of aryl methyl sites for hydroxylation is 1. The minimum atomic E-state index is -0.593. The Morgan fingerprint density at radius 3 is 2.92 bits per heavy atom. The molecule has 7 heteroatoms. The molecule has 2 aromatic heterocycles. The van der Waals surface area contributed by atoms with Gasteiger partial charge in [0.1, 0.15) is 23.4 Å². The van der Waals surface area contributed by atoms with Crippen LogP contribution in [0.3, 0.4) is 0 Å². The van der Waals surface area contributed by atoms with Crippen molar-refractivity contribution in [2.75, 3.05) is 0 Å². The van der Waals surface area contributed by atoms with Crippen LogP contribution < -0.4 is 5.32 Å². The summed E-state index contributed by atoms with van der Waals surface area (Å²) in [6.07, 6.45) is 5.54. The Labute approximate surface area is 143 Å². The molecule has 1 unspecified atom stereocenters. The van der Waals surface area contributed by atoms with E-state index in [1.54, 1.807) is 35.2 Å². The standard InChI is InChI=1S/C18H17FN4O2/c1-23-8-7-20-17(23)16(12-3-2-4-13(19)9-12)21-18(24)14-10-15(25-22-14)11-5-6-11/h2-4,7-11,16H,5-6H2,1H3,(H,21,24). The van der Waals surface area contributed by atoms with Gasteiger partial charge in [-0.15, -0.1) is 0 Å². The van der Waals surface area contributed by atoms with Gasteiger partial charge in [0.25, 0.3) is 5.91 Å². The first kappa shape index (κ1) is 15.6. The number of benzene rings is 1. The molecule has 3 aromatic rings. The van der Waals surface area contributed by atoms with Crippen LogP contribution in [0.1, 0.15) is 52.4 Å². The molecule has 25 heavy (non-hydrogen) atoms. The highest BCUT2D eigenvalue weighted by Crippen LogP contribution is 2.40. The van der Waals surface area contributed by atoms with E-state index in [0.717, 1.165) is 18.6 Å². The lowest BCUT2D eigenvalue weighted by Crippen LogP contribution is -2.31. The molecule has 1 fully saturated rings. The van der Waals surface area contributed by atoms with Gasteiger partial charge in [0, 0.05) is 31.4 Å². The van der Waals surface area contributed by atoms with Gasteiger partial charge >= 0.3 is 0 Å². The van der Waals surface area contributed by atoms with Crippen molar-refractivity contribution in [2.45, 2.75) is 24.8 Å². The Bertz CT molecular complexity index is 913. The van der Waals surface area contributed by atoms with Crippen molar-refractivity contribution in [3.63, 3.8) is 0 Å². The fraction of sp³-hybridized carbons (Fsp3) is 0.278. The molecule has 0 radical (unpaired) electrons. The van der Waals surface area contributed by atoms with Gasteiger partial charge in [0.15, 0.2) is 5.69 Å². The van der Waals surface area contributed by atoms with Crippen LogP contribution in [-0.2, 0) is 7.05 Å². The summed E-state index contributed by atoms with van der Waals surface area (Å²) in [5, 5.41) is 6.74. The summed E-state index contributed by atoms with van der Waals surface area (Å²) in [6.45, 7) is 0. The van der Waals surface area contributed by atoms with Crippen LogP contribution in [0.4, 0.5) is 4.39 Å². The van der Waals surface area contributed by atoms with Gasteiger partial charge in [0.05, 0.1) is 0 Å². The third-order valence-corrected chi connectivity index (χ3v) is 4.31. The zero-order valence-electron chi connectivity index (χ0n) is 13.6. The molecule has 128 valence electrons. The number of hydrogen-bond donors (Lipinski definition) is 1. The normalized spacial score (nSPS) is 15.1. The number of carbonyl (C=O) groups is 1. The molecule has 2 heterocycles. The number of hydrogen-bond acceptors (Lipinski definition) is 4. The quantitative estimate of drug-likeness (QED) is 0.775. The first-order valence-corrected chi connectivity index (χ1v) is 8.12. The Morgan fingerprint density at radius 2 is 2.24 bits per heavy atom. The van der Waals surface area contributed by atoms with Gasteiger partial charge in [-0.2, -0.15) is 0 Å². The first-order chi connectivity index (χ1) is 12.1. The van der Waals surface area contributed by atoms with Gasteiger partial charge in [-0.25, -0.2) is 9.37 Å². The third-order valence-electron chi connectivity index (χ3n) is 4.31. The largest absolute Gasteiger partial charge is 0.360 e. The number of nitrogens with zero attached hydrogens (tertiary/aromatic N) is 3. The van der Waals surface area contributed by atoms with Gasteiger partial charge in [-0.05, 0) is 30.5 Å². The van der Waals surface area contributed by atoms with Gasteiger partial charge in [-0.1, -0.05) is 17.3 Å². The summed E-state index contributed by atoms with van der Waals surface area (Å²) in [4.78, 5) is 16.9. The van der Waals surface area contributed by atoms with E-state index in [9.17, 15) is 9.18 Å². The number of halogens is 1. The maximum atomic E-state index is 13.7. The molecule has 1 N–H and O–H groups in total. The van der Waals surface area contributed by atoms with E-state index in [1.165, 1.54) is 12.1 Å². The highest BCUT2D eigenvalue weighted by atomic mass is 19.1. The Morgan fingerprint density at radius 1 is 1.40 bits per heavy atom. The smallest absolute Gasteiger partial charge is 0.274 e. The van der Waals surface area contributed by atoms with E-state index < -0.39 is 6.04 Å². The molecular formula is C18H17FN4O2. The number of carbonyl (C=O) groups excluding carboxylic acids is 1. The fourth-order valence-electron chi connectivity index (χ4n) is 2.80. The molecule has 4 rings (SSSR count). The van der Waals surface area contributed by atoms with Gasteiger partial charge in [-0.3, -0.25) is 4.79 Å². The molecule has 1 aromatic carbocycles. The second-order valence-electron chi connectivity index (χ2n) is 6.25. The molecular weight excluding hydrogens is 323 g/mol. The Kier molecular flexibility index (Phi) is 3.83. The average molecular weight is 340 g/mol. The van der Waals surface area contributed by atoms with Crippen molar-refractivity contribution in [2.24, 2.45) is 7.05 Å². The van der Waals surface area contributed by atoms with E-state index in [4.69, 9.17) is 4.52 Å². The number of rotatable bonds is 5. The molecule has 1 aliphatic carbocycles. The molecule has 1 saturated carbocycles. The number of imidazole rings is 1. The zero-order chi connectivity index (χ0) is 17.4. The summed E-state index contributed by atoms with van der Waals surface area (Å²) in [7, 11) is 1.82. The van der Waals surface area contributed by atoms with E-state index in [2.05, 4.69) is 15.5 Å². The minimum Gasteiger partial charge on any atom is -0.360 e. The van der Waals surface area contributed by atoms with Gasteiger partial charge in [0.2, 0.25) is 0 Å². The molecule has 1 atom stereocenters. The van der Waals surface area contributed by atoms with E-state index >= 15 is 0 Å². The van der Waals surface area contributed by atoms with E-state index in [0.29, 0.717) is 17.3 Å². The highest BCUT2D eigenvalue weighted by molar-refractivity contribution is 5.92. The predicted molar refractivity (Wildman–Crippen MR) is 87.4 cm³/mol. The molecule has 1 amide bonds. The predicted octanol–water partition coefficient (Wildman–Crippen LogP) is 2.94. The maximum Gasteiger partial charge on any atom is 0.274 e. The van der Waals surface area contributed by atoms with Gasteiger partial charge < -0.3 is 14.4 Å². The molecule has 1 aliphatic rings. The van der Waals surface area contributed by atoms with Crippen LogP contribution >= 0.6 is 0 Å². The summed E-state index contributed by atoms with van der Waals surface area (Å²) in [6, 6.07) is 7.19. The first-order valence-electron chi connectivity index (χ1n) is 8.12. The molecule has 0 aliphatic heterocycles. The van der Waals surface area contributed by atoms with Crippen LogP contribution in [0, 0.1) is 5.82 Å². The maximum absolute atomic E-state index is 13.7. The van der Waals surface area contributed by atoms with E-state index in [-0.39, 0.29) is 17.4 Å². The third kappa shape index (κ3) is 3.17. The summed E-state index contributed by atoms with van der Waals surface area (Å²) >= 11 is 0. The SMILES string of the molecule is Cn1ccnc1C(NC(=O)c1cc(C2CC2)on1)c1cccc(F)c1. The van der Waals surface area contributed by atoms with Crippen molar-refractivity contribution in [1.29, 1.82) is 0 Å². The summed E-state index contributed by atoms with van der Waals surface area (Å²) < 4.78 is 20.7. The Hall–Kier alpha value is -2.96. The summed E-state index contributed by atoms with van der Waals surface area (Å²) in [5.74, 6) is 0.966. The summed E-state index contributed by atoms with van der Waals surface area (Å²) in [5.41, 5.74) is 0.825. The highest BCUT2D eigenvalue weighted by Gasteiger charge is 2.30. The Balaban J connectivity index is 1.63. The van der Waals surface area contributed by atoms with Crippen LogP contribution in [0.25, 0.3) is 0 Å². The minimum absolute atomic E-state index is 0.220. The number of aromatic nitrogens is 3. The van der Waals surface area contributed by atoms with Crippen molar-refractivity contribution in [3.05, 3.63) is 71.4 Å². The van der Waals surface area contributed by atoms with E-state index in [1.807, 2.05) is 7.05 Å². The van der Waals surface area contributed by atoms with Crippen LogP contribution in [0.5, 0.6) is 0 Å². The van der Waals surface area contributed by atoms with Crippen molar-refractivity contribution in [3.8, 4) is 0 Å². The lowest BCUT2D eigenvalue weighted by atomic mass is 10.1. The lowest BCUT2D eigenvalue weighted by Gasteiger charge is -2.18. The topological polar surface area (TPSA) is 73.0 Å². The fourth-order valence-corrected chi connectivity index (χ4v) is 2.80. The second kappa shape index (κ2) is 6.16. The number of nitrogens with one attached hydrogen (secondary N) is 1. The van der Waals surface area contributed by atoms with Crippen molar-refractivity contribution in [1.82, 2.24) is 20.0 Å². The van der Waals surface area contributed by atoms with Crippen LogP contribution in [0.2, 0.25) is 0 Å². The van der Waals surface area contributed by atoms with Crippen molar-refractivity contribution >= 4 is 5.91 Å². The van der Waals surface area contributed by atoms with Crippen molar-refractivity contribution < 1.29 is 13.7 Å². The molecule has 0 bridgehead atoms. The molecule has 6 nitrogen and oxygen atoms in total. The molecule has 0 spiro atoms. The zero-order valence-corrected chi connectivity index (χ0v) is 13.6. The van der Waals surface area contributed by atoms with Crippen LogP contribution in [-0.4, -0.2) is 20.6 Å². The average Bonchev–Trinajstić information content (AvgIpc) is 3.17.